The van der Waals surface area contributed by atoms with Gasteiger partial charge in [-0.05, 0) is 36.8 Å². The molecule has 9 nitrogen and oxygen atoms in total. The Morgan fingerprint density at radius 3 is 2.58 bits per heavy atom. The maximum Gasteiger partial charge on any atom is 0.319 e. The number of urea groups is 1. The lowest BCUT2D eigenvalue weighted by molar-refractivity contribution is -0.137. The summed E-state index contributed by atoms with van der Waals surface area (Å²) in [6, 6.07) is 16.1. The fraction of sp³-hybridized carbons (Fsp3) is 0.167. The van der Waals surface area contributed by atoms with E-state index < -0.39 is 23.6 Å². The van der Waals surface area contributed by atoms with Gasteiger partial charge in [0.1, 0.15) is 17.7 Å². The lowest BCUT2D eigenvalue weighted by Crippen LogP contribution is -2.36. The predicted octanol–water partition coefficient (Wildman–Crippen LogP) is 3.68. The van der Waals surface area contributed by atoms with Crippen LogP contribution < -0.4 is 16.2 Å². The Hall–Kier alpha value is -4.40. The Kier molecular flexibility index (Phi) is 6.21. The third-order valence-corrected chi connectivity index (χ3v) is 5.08. The molecule has 0 aliphatic carbocycles. The van der Waals surface area contributed by atoms with Crippen molar-refractivity contribution in [3.63, 3.8) is 0 Å². The van der Waals surface area contributed by atoms with Crippen LogP contribution in [0.2, 0.25) is 0 Å². The van der Waals surface area contributed by atoms with Gasteiger partial charge in [0.05, 0.1) is 12.5 Å². The molecule has 0 aliphatic heterocycles. The van der Waals surface area contributed by atoms with Crippen LogP contribution in [0.1, 0.15) is 29.5 Å². The number of aliphatic carboxylic acids is 1. The van der Waals surface area contributed by atoms with Crippen molar-refractivity contribution >= 4 is 28.8 Å². The van der Waals surface area contributed by atoms with Crippen LogP contribution in [-0.4, -0.2) is 26.7 Å². The molecule has 3 N–H and O–H groups in total. The highest BCUT2D eigenvalue weighted by Crippen LogP contribution is 2.18. The Morgan fingerprint density at radius 2 is 1.85 bits per heavy atom. The number of carboxylic acids is 1. The van der Waals surface area contributed by atoms with Crippen molar-refractivity contribution in [2.24, 2.45) is 0 Å². The zero-order chi connectivity index (χ0) is 23.4. The maximum absolute atomic E-state index is 12.9. The molecule has 0 unspecified atom stereocenters. The quantitative estimate of drug-likeness (QED) is 0.397. The van der Waals surface area contributed by atoms with Gasteiger partial charge >= 0.3 is 12.0 Å². The Bertz CT molecular complexity index is 1320. The van der Waals surface area contributed by atoms with E-state index in [-0.39, 0.29) is 18.7 Å². The van der Waals surface area contributed by atoms with Crippen molar-refractivity contribution in [2.45, 2.75) is 25.9 Å². The molecule has 2 amide bonds. The molecule has 1 atom stereocenters. The molecule has 2 heterocycles. The molecular formula is C24H22N4O5. The number of pyridine rings is 1. The molecule has 4 aromatic rings. The highest BCUT2D eigenvalue weighted by molar-refractivity contribution is 5.89. The number of para-hydroxylation sites is 2. The highest BCUT2D eigenvalue weighted by atomic mass is 16.4. The number of aryl methyl sites for hydroxylation is 1. The molecular weight excluding hydrogens is 424 g/mol. The number of fused-ring (bicyclic) bond motifs is 1. The minimum Gasteiger partial charge on any atom is -0.481 e. The van der Waals surface area contributed by atoms with Crippen molar-refractivity contribution in [3.8, 4) is 0 Å². The number of hydrogen-bond donors (Lipinski definition) is 3. The SMILES string of the molecule is Cc1ccc([C@H](CC(=O)O)NC(=O)Nc2cccn(Cc3nc4ccccc4o3)c2=O)cc1. The first kappa shape index (κ1) is 21.8. The van der Waals surface area contributed by atoms with E-state index in [1.807, 2.05) is 37.3 Å². The van der Waals surface area contributed by atoms with Gasteiger partial charge in [-0.1, -0.05) is 42.0 Å². The second-order valence-electron chi connectivity index (χ2n) is 7.59. The lowest BCUT2D eigenvalue weighted by atomic mass is 10.0. The first-order valence-electron chi connectivity index (χ1n) is 10.3. The van der Waals surface area contributed by atoms with Gasteiger partial charge in [-0.15, -0.1) is 0 Å². The average molecular weight is 446 g/mol. The summed E-state index contributed by atoms with van der Waals surface area (Å²) in [6.45, 7) is 2.01. The second-order valence-corrected chi connectivity index (χ2v) is 7.59. The van der Waals surface area contributed by atoms with Crippen LogP contribution in [0.25, 0.3) is 11.1 Å². The zero-order valence-electron chi connectivity index (χ0n) is 17.8. The second kappa shape index (κ2) is 9.39. The van der Waals surface area contributed by atoms with Gasteiger partial charge in [-0.25, -0.2) is 9.78 Å². The minimum absolute atomic E-state index is 0.0455. The molecule has 33 heavy (non-hydrogen) atoms. The summed E-state index contributed by atoms with van der Waals surface area (Å²) in [5.74, 6) is -0.693. The average Bonchev–Trinajstić information content (AvgIpc) is 3.19. The van der Waals surface area contributed by atoms with Crippen molar-refractivity contribution in [1.29, 1.82) is 0 Å². The molecule has 4 rings (SSSR count). The first-order chi connectivity index (χ1) is 15.9. The van der Waals surface area contributed by atoms with E-state index in [0.29, 0.717) is 22.6 Å². The third-order valence-electron chi connectivity index (χ3n) is 5.08. The summed E-state index contributed by atoms with van der Waals surface area (Å²) in [7, 11) is 0. The Balaban J connectivity index is 1.49. The van der Waals surface area contributed by atoms with E-state index in [0.717, 1.165) is 5.56 Å². The topological polar surface area (TPSA) is 126 Å². The number of anilines is 1. The monoisotopic (exact) mass is 446 g/mol. The molecule has 0 saturated heterocycles. The molecule has 0 radical (unpaired) electrons. The summed E-state index contributed by atoms with van der Waals surface area (Å²) in [6.07, 6.45) is 1.27. The van der Waals surface area contributed by atoms with Gasteiger partial charge in [0.15, 0.2) is 5.58 Å². The maximum atomic E-state index is 12.9. The molecule has 168 valence electrons. The zero-order valence-corrected chi connectivity index (χ0v) is 17.8. The van der Waals surface area contributed by atoms with Gasteiger partial charge in [-0.2, -0.15) is 0 Å². The minimum atomic E-state index is -1.05. The number of aromatic nitrogens is 2. The van der Waals surface area contributed by atoms with E-state index in [1.54, 1.807) is 30.5 Å². The van der Waals surface area contributed by atoms with Gasteiger partial charge in [0, 0.05) is 6.20 Å². The molecule has 2 aromatic carbocycles. The van der Waals surface area contributed by atoms with Crippen molar-refractivity contribution < 1.29 is 19.1 Å². The van der Waals surface area contributed by atoms with Crippen LogP contribution in [0, 0.1) is 6.92 Å². The van der Waals surface area contributed by atoms with E-state index in [9.17, 15) is 19.5 Å². The predicted molar refractivity (Wildman–Crippen MR) is 122 cm³/mol. The number of carbonyl (C=O) groups is 2. The standard InChI is InChI=1S/C24H22N4O5/c1-15-8-10-16(11-9-15)19(13-22(29)30)27-24(32)26-18-6-4-12-28(23(18)31)14-21-25-17-5-2-3-7-20(17)33-21/h2-12,19H,13-14H2,1H3,(H,29,30)(H2,26,27,32)/t19-/m0/s1. The lowest BCUT2D eigenvalue weighted by Gasteiger charge is -2.18. The van der Waals surface area contributed by atoms with E-state index in [2.05, 4.69) is 15.6 Å². The largest absolute Gasteiger partial charge is 0.481 e. The van der Waals surface area contributed by atoms with E-state index >= 15 is 0 Å². The fourth-order valence-electron chi connectivity index (χ4n) is 3.43. The number of rotatable bonds is 7. The van der Waals surface area contributed by atoms with Crippen LogP contribution >= 0.6 is 0 Å². The number of nitrogens with one attached hydrogen (secondary N) is 2. The normalized spacial score (nSPS) is 11.8. The Labute approximate surface area is 188 Å². The fourth-order valence-corrected chi connectivity index (χ4v) is 3.43. The van der Waals surface area contributed by atoms with Crippen LogP contribution in [0.15, 0.2) is 76.1 Å². The summed E-state index contributed by atoms with van der Waals surface area (Å²) < 4.78 is 7.04. The molecule has 0 fully saturated rings. The summed E-state index contributed by atoms with van der Waals surface area (Å²) in [5.41, 5.74) is 2.58. The molecule has 9 heteroatoms. The van der Waals surface area contributed by atoms with Crippen LogP contribution in [0.3, 0.4) is 0 Å². The van der Waals surface area contributed by atoms with Crippen molar-refractivity contribution in [1.82, 2.24) is 14.9 Å². The molecule has 0 spiro atoms. The first-order valence-corrected chi connectivity index (χ1v) is 10.3. The number of nitrogens with zero attached hydrogens (tertiary/aromatic N) is 2. The van der Waals surface area contributed by atoms with Crippen LogP contribution in [0.4, 0.5) is 10.5 Å². The Morgan fingerprint density at radius 1 is 1.09 bits per heavy atom. The number of oxazole rings is 1. The molecule has 0 aliphatic rings. The summed E-state index contributed by atoms with van der Waals surface area (Å²) in [4.78, 5) is 41.1. The summed E-state index contributed by atoms with van der Waals surface area (Å²) in [5, 5.41) is 14.4. The van der Waals surface area contributed by atoms with Gasteiger partial charge < -0.3 is 24.7 Å². The number of carbonyl (C=O) groups excluding carboxylic acids is 1. The molecule has 2 aromatic heterocycles. The van der Waals surface area contributed by atoms with Crippen molar-refractivity contribution in [2.75, 3.05) is 5.32 Å². The van der Waals surface area contributed by atoms with Crippen LogP contribution in [-0.2, 0) is 11.3 Å². The van der Waals surface area contributed by atoms with E-state index in [4.69, 9.17) is 4.42 Å². The number of amides is 2. The number of benzene rings is 2. The van der Waals surface area contributed by atoms with Crippen LogP contribution in [0.5, 0.6) is 0 Å². The van der Waals surface area contributed by atoms with Gasteiger partial charge in [-0.3, -0.25) is 9.59 Å². The smallest absolute Gasteiger partial charge is 0.319 e. The third kappa shape index (κ3) is 5.27. The molecule has 0 saturated carbocycles. The summed E-state index contributed by atoms with van der Waals surface area (Å²) >= 11 is 0. The van der Waals surface area contributed by atoms with E-state index in [1.165, 1.54) is 10.6 Å². The molecule has 0 bridgehead atoms. The van der Waals surface area contributed by atoms with Gasteiger partial charge in [0.25, 0.3) is 5.56 Å². The number of hydrogen-bond acceptors (Lipinski definition) is 5. The van der Waals surface area contributed by atoms with Crippen molar-refractivity contribution in [3.05, 3.63) is 94.2 Å². The highest BCUT2D eigenvalue weighted by Gasteiger charge is 2.19. The number of carboxylic acid groups (broad SMARTS) is 1. The van der Waals surface area contributed by atoms with Gasteiger partial charge in [0.2, 0.25) is 5.89 Å².